The molecule has 0 unspecified atom stereocenters. The number of benzene rings is 1. The van der Waals surface area contributed by atoms with E-state index in [1.54, 1.807) is 12.1 Å². The number of carbonyl (C=O) groups is 3. The van der Waals surface area contributed by atoms with Crippen LogP contribution in [0.5, 0.6) is 0 Å². The Kier molecular flexibility index (Phi) is 6.37. The first kappa shape index (κ1) is 22.5. The summed E-state index contributed by atoms with van der Waals surface area (Å²) in [5.74, 6) is -0.456. The third kappa shape index (κ3) is 4.59. The number of hydrogen-bond acceptors (Lipinski definition) is 4. The molecule has 164 valence electrons. The second kappa shape index (κ2) is 8.50. The van der Waals surface area contributed by atoms with E-state index in [0.717, 1.165) is 18.4 Å². The SMILES string of the molecule is CC(C)C[C@H](NC(=O)c1ccc(C(C)(C)C)cc1)C(=O)N[C@]12CCC[C@H]1OCC2=O. The fourth-order valence-electron chi connectivity index (χ4n) is 4.41. The molecule has 1 aliphatic carbocycles. The van der Waals surface area contributed by atoms with E-state index in [2.05, 4.69) is 31.4 Å². The number of nitrogens with one attached hydrogen (secondary N) is 2. The van der Waals surface area contributed by atoms with Crippen LogP contribution in [0.25, 0.3) is 0 Å². The van der Waals surface area contributed by atoms with E-state index in [0.29, 0.717) is 18.4 Å². The second-order valence-electron chi connectivity index (χ2n) is 10.1. The van der Waals surface area contributed by atoms with Crippen molar-refractivity contribution >= 4 is 17.6 Å². The van der Waals surface area contributed by atoms with Crippen molar-refractivity contribution in [2.24, 2.45) is 5.92 Å². The van der Waals surface area contributed by atoms with Gasteiger partial charge in [0.05, 0.1) is 6.10 Å². The van der Waals surface area contributed by atoms with Crippen LogP contribution in [-0.4, -0.2) is 41.9 Å². The molecule has 2 aliphatic rings. The monoisotopic (exact) mass is 414 g/mol. The van der Waals surface area contributed by atoms with Crippen molar-refractivity contribution < 1.29 is 19.1 Å². The average molecular weight is 415 g/mol. The van der Waals surface area contributed by atoms with Crippen LogP contribution in [0.3, 0.4) is 0 Å². The van der Waals surface area contributed by atoms with Gasteiger partial charge >= 0.3 is 0 Å². The van der Waals surface area contributed by atoms with Crippen LogP contribution in [0.1, 0.15) is 76.2 Å². The first-order valence-corrected chi connectivity index (χ1v) is 10.9. The van der Waals surface area contributed by atoms with Crippen molar-refractivity contribution in [2.75, 3.05) is 6.61 Å². The summed E-state index contributed by atoms with van der Waals surface area (Å²) in [5, 5.41) is 5.85. The molecular weight excluding hydrogens is 380 g/mol. The minimum absolute atomic E-state index is 0.00207. The number of Topliss-reactive ketones (excluding diaryl/α,β-unsaturated/α-hetero) is 1. The van der Waals surface area contributed by atoms with E-state index in [1.165, 1.54) is 0 Å². The molecule has 2 amide bonds. The topological polar surface area (TPSA) is 84.5 Å². The molecule has 0 spiro atoms. The summed E-state index contributed by atoms with van der Waals surface area (Å²) < 4.78 is 5.59. The smallest absolute Gasteiger partial charge is 0.251 e. The molecule has 3 atom stereocenters. The molecule has 1 aliphatic heterocycles. The third-order valence-electron chi connectivity index (χ3n) is 6.19. The average Bonchev–Trinajstić information content (AvgIpc) is 3.20. The van der Waals surface area contributed by atoms with Gasteiger partial charge in [-0.3, -0.25) is 14.4 Å². The molecule has 6 nitrogen and oxygen atoms in total. The lowest BCUT2D eigenvalue weighted by atomic mass is 9.86. The van der Waals surface area contributed by atoms with Crippen molar-refractivity contribution in [2.45, 2.75) is 83.4 Å². The van der Waals surface area contributed by atoms with Crippen molar-refractivity contribution in [1.82, 2.24) is 10.6 Å². The van der Waals surface area contributed by atoms with Gasteiger partial charge in [0, 0.05) is 5.56 Å². The van der Waals surface area contributed by atoms with Gasteiger partial charge in [-0.1, -0.05) is 46.8 Å². The zero-order chi connectivity index (χ0) is 22.1. The van der Waals surface area contributed by atoms with Crippen molar-refractivity contribution in [3.05, 3.63) is 35.4 Å². The normalized spacial score (nSPS) is 24.6. The Morgan fingerprint density at radius 2 is 1.87 bits per heavy atom. The van der Waals surface area contributed by atoms with E-state index < -0.39 is 11.6 Å². The first-order valence-electron chi connectivity index (χ1n) is 10.9. The van der Waals surface area contributed by atoms with Crippen molar-refractivity contribution in [3.63, 3.8) is 0 Å². The van der Waals surface area contributed by atoms with E-state index in [4.69, 9.17) is 4.74 Å². The zero-order valence-electron chi connectivity index (χ0n) is 18.7. The molecule has 1 saturated heterocycles. The standard InChI is InChI=1S/C24H34N2O4/c1-15(2)13-18(22(29)26-24-12-6-7-20(24)30-14-19(24)27)25-21(28)16-8-10-17(11-9-16)23(3,4)5/h8-11,15,18,20H,6-7,12-14H2,1-5H3,(H,25,28)(H,26,29)/t18-,20+,24-/m0/s1. The molecule has 1 aromatic rings. The van der Waals surface area contributed by atoms with Crippen LogP contribution in [0, 0.1) is 5.92 Å². The van der Waals surface area contributed by atoms with E-state index in [9.17, 15) is 14.4 Å². The Morgan fingerprint density at radius 1 is 1.20 bits per heavy atom. The summed E-state index contributed by atoms with van der Waals surface area (Å²) in [6.45, 7) is 10.4. The summed E-state index contributed by atoms with van der Waals surface area (Å²) in [7, 11) is 0. The largest absolute Gasteiger partial charge is 0.367 e. The molecule has 1 aromatic carbocycles. The lowest BCUT2D eigenvalue weighted by Crippen LogP contribution is -2.60. The molecule has 0 radical (unpaired) electrons. The minimum Gasteiger partial charge on any atom is -0.367 e. The van der Waals surface area contributed by atoms with Gasteiger partial charge in [-0.25, -0.2) is 0 Å². The second-order valence-corrected chi connectivity index (χ2v) is 10.1. The summed E-state index contributed by atoms with van der Waals surface area (Å²) in [6, 6.07) is 6.77. The lowest BCUT2D eigenvalue weighted by Gasteiger charge is -2.30. The van der Waals surface area contributed by atoms with Crippen LogP contribution >= 0.6 is 0 Å². The quantitative estimate of drug-likeness (QED) is 0.749. The predicted molar refractivity (Wildman–Crippen MR) is 115 cm³/mol. The maximum absolute atomic E-state index is 13.1. The first-order chi connectivity index (χ1) is 14.0. The molecule has 6 heteroatoms. The Labute approximate surface area is 179 Å². The fourth-order valence-corrected chi connectivity index (χ4v) is 4.41. The van der Waals surface area contributed by atoms with Gasteiger partial charge in [0.15, 0.2) is 5.78 Å². The van der Waals surface area contributed by atoms with Crippen molar-refractivity contribution in [3.8, 4) is 0 Å². The van der Waals surface area contributed by atoms with Gasteiger partial charge in [-0.2, -0.15) is 0 Å². The highest BCUT2D eigenvalue weighted by Gasteiger charge is 2.55. The number of rotatable bonds is 6. The van der Waals surface area contributed by atoms with Crippen molar-refractivity contribution in [1.29, 1.82) is 0 Å². The van der Waals surface area contributed by atoms with Gasteiger partial charge in [-0.05, 0) is 54.7 Å². The van der Waals surface area contributed by atoms with E-state index in [1.807, 2.05) is 26.0 Å². The van der Waals surface area contributed by atoms with Crippen LogP contribution in [-0.2, 0) is 19.7 Å². The summed E-state index contributed by atoms with van der Waals surface area (Å²) in [4.78, 5) is 38.5. The van der Waals surface area contributed by atoms with Crippen LogP contribution < -0.4 is 10.6 Å². The van der Waals surface area contributed by atoms with Crippen LogP contribution in [0.4, 0.5) is 0 Å². The number of ketones is 1. The third-order valence-corrected chi connectivity index (χ3v) is 6.19. The Hall–Kier alpha value is -2.21. The summed E-state index contributed by atoms with van der Waals surface area (Å²) >= 11 is 0. The van der Waals surface area contributed by atoms with E-state index >= 15 is 0 Å². The van der Waals surface area contributed by atoms with Gasteiger partial charge in [0.1, 0.15) is 18.2 Å². The maximum atomic E-state index is 13.1. The highest BCUT2D eigenvalue weighted by Crippen LogP contribution is 2.38. The number of fused-ring (bicyclic) bond motifs is 1. The Morgan fingerprint density at radius 3 is 2.47 bits per heavy atom. The van der Waals surface area contributed by atoms with Gasteiger partial charge < -0.3 is 15.4 Å². The lowest BCUT2D eigenvalue weighted by molar-refractivity contribution is -0.131. The molecule has 1 heterocycles. The number of carbonyl (C=O) groups excluding carboxylic acids is 3. The highest BCUT2D eigenvalue weighted by molar-refractivity contribution is 6.00. The Bertz CT molecular complexity index is 809. The molecule has 2 fully saturated rings. The zero-order valence-corrected chi connectivity index (χ0v) is 18.7. The number of hydrogen-bond donors (Lipinski definition) is 2. The molecule has 3 rings (SSSR count). The predicted octanol–water partition coefficient (Wildman–Crippen LogP) is 3.14. The minimum atomic E-state index is -0.925. The summed E-state index contributed by atoms with van der Waals surface area (Å²) in [6.07, 6.45) is 2.45. The van der Waals surface area contributed by atoms with Gasteiger partial charge in [0.2, 0.25) is 5.91 Å². The molecule has 30 heavy (non-hydrogen) atoms. The molecule has 0 bridgehead atoms. The number of ether oxygens (including phenoxy) is 1. The molecule has 1 saturated carbocycles. The molecular formula is C24H34N2O4. The molecule has 0 aromatic heterocycles. The van der Waals surface area contributed by atoms with E-state index in [-0.39, 0.29) is 41.6 Å². The fraction of sp³-hybridized carbons (Fsp3) is 0.625. The van der Waals surface area contributed by atoms with Gasteiger partial charge in [0.25, 0.3) is 5.91 Å². The summed E-state index contributed by atoms with van der Waals surface area (Å²) in [5.41, 5.74) is 0.733. The molecule has 2 N–H and O–H groups in total. The highest BCUT2D eigenvalue weighted by atomic mass is 16.5. The van der Waals surface area contributed by atoms with Crippen LogP contribution in [0.15, 0.2) is 24.3 Å². The van der Waals surface area contributed by atoms with Crippen LogP contribution in [0.2, 0.25) is 0 Å². The van der Waals surface area contributed by atoms with Gasteiger partial charge in [-0.15, -0.1) is 0 Å². The number of amides is 2. The maximum Gasteiger partial charge on any atom is 0.251 e. The Balaban J connectivity index is 1.73.